The number of benzene rings is 1. The summed E-state index contributed by atoms with van der Waals surface area (Å²) in [5, 5.41) is 5.01. The molecule has 0 atom stereocenters. The highest BCUT2D eigenvalue weighted by Gasteiger charge is 2.22. The Labute approximate surface area is 128 Å². The van der Waals surface area contributed by atoms with Crippen molar-refractivity contribution < 1.29 is 4.79 Å². The zero-order valence-corrected chi connectivity index (χ0v) is 12.9. The Hall–Kier alpha value is -2.01. The molecule has 0 saturated carbocycles. The molecule has 1 aliphatic heterocycles. The standard InChI is InChI=1S/C16H19N3OS/c1-2-18-16(20)13-4-3-12(17)9-14(13)19-7-5-15-11(10-19)6-8-21-15/h3-4,6,8-9H,2,5,7,10,17H2,1H3,(H,18,20). The number of fused-ring (bicyclic) bond motifs is 1. The van der Waals surface area contributed by atoms with Crippen LogP contribution in [-0.2, 0) is 13.0 Å². The van der Waals surface area contributed by atoms with Gasteiger partial charge in [0, 0.05) is 30.2 Å². The SMILES string of the molecule is CCNC(=O)c1ccc(N)cc1N1CCc2sccc2C1. The van der Waals surface area contributed by atoms with Crippen LogP contribution in [0.4, 0.5) is 11.4 Å². The first-order chi connectivity index (χ1) is 10.2. The molecule has 0 radical (unpaired) electrons. The third-order valence-corrected chi connectivity index (χ3v) is 4.78. The van der Waals surface area contributed by atoms with Gasteiger partial charge in [0.05, 0.1) is 11.3 Å². The van der Waals surface area contributed by atoms with Crippen LogP contribution in [0.2, 0.25) is 0 Å². The molecule has 21 heavy (non-hydrogen) atoms. The summed E-state index contributed by atoms with van der Waals surface area (Å²) in [4.78, 5) is 15.9. The number of carbonyl (C=O) groups is 1. The zero-order valence-electron chi connectivity index (χ0n) is 12.1. The fraction of sp³-hybridized carbons (Fsp3) is 0.312. The topological polar surface area (TPSA) is 58.4 Å². The average Bonchev–Trinajstić information content (AvgIpc) is 2.94. The van der Waals surface area contributed by atoms with Gasteiger partial charge in [0.2, 0.25) is 0 Å². The Kier molecular flexibility index (Phi) is 3.84. The van der Waals surface area contributed by atoms with Gasteiger partial charge >= 0.3 is 0 Å². The molecule has 2 heterocycles. The number of thiophene rings is 1. The van der Waals surface area contributed by atoms with E-state index in [1.54, 1.807) is 6.07 Å². The molecular formula is C16H19N3OS. The molecule has 0 aliphatic carbocycles. The Bertz CT molecular complexity index is 665. The number of amides is 1. The van der Waals surface area contributed by atoms with E-state index in [2.05, 4.69) is 21.7 Å². The number of nitrogens with two attached hydrogens (primary N) is 1. The average molecular weight is 301 g/mol. The molecule has 1 aromatic carbocycles. The van der Waals surface area contributed by atoms with E-state index in [4.69, 9.17) is 5.73 Å². The van der Waals surface area contributed by atoms with Crippen molar-refractivity contribution in [2.24, 2.45) is 0 Å². The van der Waals surface area contributed by atoms with Gasteiger partial charge in [0.15, 0.2) is 0 Å². The molecule has 0 spiro atoms. The number of nitrogen functional groups attached to an aromatic ring is 1. The van der Waals surface area contributed by atoms with Crippen molar-refractivity contribution in [1.82, 2.24) is 5.32 Å². The smallest absolute Gasteiger partial charge is 0.253 e. The number of hydrogen-bond acceptors (Lipinski definition) is 4. The Morgan fingerprint density at radius 2 is 2.29 bits per heavy atom. The van der Waals surface area contributed by atoms with Crippen molar-refractivity contribution in [3.8, 4) is 0 Å². The van der Waals surface area contributed by atoms with E-state index in [0.29, 0.717) is 17.8 Å². The van der Waals surface area contributed by atoms with Crippen LogP contribution in [0.1, 0.15) is 27.7 Å². The van der Waals surface area contributed by atoms with E-state index in [0.717, 1.165) is 25.2 Å². The molecule has 2 aromatic rings. The van der Waals surface area contributed by atoms with Gasteiger partial charge in [0.1, 0.15) is 0 Å². The maximum atomic E-state index is 12.2. The summed E-state index contributed by atoms with van der Waals surface area (Å²) in [7, 11) is 0. The van der Waals surface area contributed by atoms with Gasteiger partial charge in [-0.05, 0) is 48.6 Å². The summed E-state index contributed by atoms with van der Waals surface area (Å²) < 4.78 is 0. The fourth-order valence-corrected chi connectivity index (χ4v) is 3.60. The van der Waals surface area contributed by atoms with E-state index < -0.39 is 0 Å². The molecule has 110 valence electrons. The lowest BCUT2D eigenvalue weighted by atomic mass is 10.1. The van der Waals surface area contributed by atoms with Crippen molar-refractivity contribution in [2.75, 3.05) is 23.7 Å². The summed E-state index contributed by atoms with van der Waals surface area (Å²) in [5.74, 6) is -0.0383. The van der Waals surface area contributed by atoms with E-state index in [-0.39, 0.29) is 5.91 Å². The molecule has 3 rings (SSSR count). The molecular weight excluding hydrogens is 282 g/mol. The first kappa shape index (κ1) is 13.9. The van der Waals surface area contributed by atoms with Crippen LogP contribution in [0.25, 0.3) is 0 Å². The molecule has 0 saturated heterocycles. The van der Waals surface area contributed by atoms with Crippen molar-refractivity contribution >= 4 is 28.6 Å². The molecule has 1 amide bonds. The molecule has 5 heteroatoms. The number of rotatable bonds is 3. The first-order valence-electron chi connectivity index (χ1n) is 7.17. The van der Waals surface area contributed by atoms with Crippen LogP contribution in [-0.4, -0.2) is 19.0 Å². The lowest BCUT2D eigenvalue weighted by molar-refractivity contribution is 0.0956. The van der Waals surface area contributed by atoms with E-state index in [1.165, 1.54) is 10.4 Å². The lowest BCUT2D eigenvalue weighted by Crippen LogP contribution is -2.32. The molecule has 0 fully saturated rings. The monoisotopic (exact) mass is 301 g/mol. The first-order valence-corrected chi connectivity index (χ1v) is 8.05. The maximum Gasteiger partial charge on any atom is 0.253 e. The van der Waals surface area contributed by atoms with Gasteiger partial charge < -0.3 is 16.0 Å². The minimum Gasteiger partial charge on any atom is -0.399 e. The van der Waals surface area contributed by atoms with Crippen molar-refractivity contribution in [1.29, 1.82) is 0 Å². The summed E-state index contributed by atoms with van der Waals surface area (Å²) in [6, 6.07) is 7.68. The molecule has 3 N–H and O–H groups in total. The van der Waals surface area contributed by atoms with Crippen molar-refractivity contribution in [3.63, 3.8) is 0 Å². The van der Waals surface area contributed by atoms with Crippen molar-refractivity contribution in [3.05, 3.63) is 45.6 Å². The minimum absolute atomic E-state index is 0.0383. The van der Waals surface area contributed by atoms with E-state index in [1.807, 2.05) is 30.4 Å². The normalized spacial score (nSPS) is 13.9. The van der Waals surface area contributed by atoms with Gasteiger partial charge in [-0.15, -0.1) is 11.3 Å². The number of nitrogens with zero attached hydrogens (tertiary/aromatic N) is 1. The van der Waals surface area contributed by atoms with Crippen molar-refractivity contribution in [2.45, 2.75) is 19.9 Å². The molecule has 4 nitrogen and oxygen atoms in total. The van der Waals surface area contributed by atoms with Crippen LogP contribution in [0.15, 0.2) is 29.6 Å². The molecule has 0 bridgehead atoms. The van der Waals surface area contributed by atoms with Gasteiger partial charge in [0.25, 0.3) is 5.91 Å². The second-order valence-corrected chi connectivity index (χ2v) is 6.18. The van der Waals surface area contributed by atoms with E-state index >= 15 is 0 Å². The third-order valence-electron chi connectivity index (χ3n) is 3.75. The number of hydrogen-bond donors (Lipinski definition) is 2. The number of carbonyl (C=O) groups excluding carboxylic acids is 1. The Morgan fingerprint density at radius 1 is 1.43 bits per heavy atom. The summed E-state index contributed by atoms with van der Waals surface area (Å²) in [6.45, 7) is 4.31. The predicted octanol–water partition coefficient (Wildman–Crippen LogP) is 2.64. The Balaban J connectivity index is 1.94. The molecule has 1 aromatic heterocycles. The minimum atomic E-state index is -0.0383. The second kappa shape index (κ2) is 5.77. The largest absolute Gasteiger partial charge is 0.399 e. The maximum absolute atomic E-state index is 12.2. The van der Waals surface area contributed by atoms with Gasteiger partial charge in [-0.2, -0.15) is 0 Å². The molecule has 0 unspecified atom stereocenters. The van der Waals surface area contributed by atoms with Gasteiger partial charge in [-0.1, -0.05) is 0 Å². The summed E-state index contributed by atoms with van der Waals surface area (Å²) in [5.41, 5.74) is 9.60. The van der Waals surface area contributed by atoms with E-state index in [9.17, 15) is 4.79 Å². The van der Waals surface area contributed by atoms with Gasteiger partial charge in [-0.25, -0.2) is 0 Å². The lowest BCUT2D eigenvalue weighted by Gasteiger charge is -2.30. The van der Waals surface area contributed by atoms with Gasteiger partial charge in [-0.3, -0.25) is 4.79 Å². The number of anilines is 2. The number of nitrogens with one attached hydrogen (secondary N) is 1. The Morgan fingerprint density at radius 3 is 3.10 bits per heavy atom. The van der Waals surface area contributed by atoms with Crippen LogP contribution >= 0.6 is 11.3 Å². The van der Waals surface area contributed by atoms with Crippen LogP contribution in [0.3, 0.4) is 0 Å². The quantitative estimate of drug-likeness (QED) is 0.857. The third kappa shape index (κ3) is 2.74. The predicted molar refractivity (Wildman–Crippen MR) is 87.9 cm³/mol. The highest BCUT2D eigenvalue weighted by Crippen LogP contribution is 2.31. The summed E-state index contributed by atoms with van der Waals surface area (Å²) in [6.07, 6.45) is 1.02. The van der Waals surface area contributed by atoms with Crippen LogP contribution in [0, 0.1) is 0 Å². The van der Waals surface area contributed by atoms with Crippen LogP contribution < -0.4 is 16.0 Å². The zero-order chi connectivity index (χ0) is 14.8. The summed E-state index contributed by atoms with van der Waals surface area (Å²) >= 11 is 1.81. The second-order valence-electron chi connectivity index (χ2n) is 5.18. The van der Waals surface area contributed by atoms with Crippen LogP contribution in [0.5, 0.6) is 0 Å². The highest BCUT2D eigenvalue weighted by atomic mass is 32.1. The fourth-order valence-electron chi connectivity index (χ4n) is 2.71. The highest BCUT2D eigenvalue weighted by molar-refractivity contribution is 7.10. The molecule has 1 aliphatic rings.